The van der Waals surface area contributed by atoms with Crippen molar-refractivity contribution >= 4 is 11.7 Å². The third-order valence-electron chi connectivity index (χ3n) is 6.26. The number of oxime groups is 1. The number of allylic oxidation sites excluding steroid dienone is 4. The lowest BCUT2D eigenvalue weighted by molar-refractivity contribution is -0.142. The van der Waals surface area contributed by atoms with Crippen LogP contribution in [0.5, 0.6) is 0 Å². The summed E-state index contributed by atoms with van der Waals surface area (Å²) in [4.78, 5) is 15.7. The Labute approximate surface area is 155 Å². The summed E-state index contributed by atoms with van der Waals surface area (Å²) in [5.74, 6) is -0.568. The zero-order valence-electron chi connectivity index (χ0n) is 15.5. The van der Waals surface area contributed by atoms with Crippen LogP contribution >= 0.6 is 0 Å². The third kappa shape index (κ3) is 3.93. The first-order chi connectivity index (χ1) is 12.4. The fourth-order valence-corrected chi connectivity index (χ4v) is 4.74. The lowest BCUT2D eigenvalue weighted by Gasteiger charge is -2.38. The lowest BCUT2D eigenvalue weighted by Crippen LogP contribution is -2.33. The van der Waals surface area contributed by atoms with Crippen LogP contribution in [0.2, 0.25) is 0 Å². The molecule has 0 heterocycles. The fourth-order valence-electron chi connectivity index (χ4n) is 4.74. The average Bonchev–Trinajstić information content (AvgIpc) is 2.92. The molecule has 0 aromatic carbocycles. The maximum absolute atomic E-state index is 10.6. The molecule has 3 aliphatic carbocycles. The van der Waals surface area contributed by atoms with E-state index in [0.29, 0.717) is 12.3 Å². The molecule has 5 nitrogen and oxygen atoms in total. The molecule has 0 aliphatic heterocycles. The number of hydrogen-bond acceptors (Lipinski definition) is 4. The summed E-state index contributed by atoms with van der Waals surface area (Å²) in [5.41, 5.74) is 4.70. The van der Waals surface area contributed by atoms with Crippen molar-refractivity contribution in [3.8, 4) is 0 Å². The Hall–Kier alpha value is -1.88. The number of aliphatic hydroxyl groups is 1. The molecule has 3 aliphatic rings. The van der Waals surface area contributed by atoms with Crippen molar-refractivity contribution in [2.24, 2.45) is 16.5 Å². The van der Waals surface area contributed by atoms with Gasteiger partial charge in [0.25, 0.3) is 0 Å². The molecule has 3 atom stereocenters. The van der Waals surface area contributed by atoms with E-state index in [1.165, 1.54) is 11.1 Å². The summed E-state index contributed by atoms with van der Waals surface area (Å²) in [6.45, 7) is 5.99. The van der Waals surface area contributed by atoms with E-state index in [9.17, 15) is 9.90 Å². The minimum atomic E-state index is -1.00. The van der Waals surface area contributed by atoms with Crippen LogP contribution < -0.4 is 0 Å². The summed E-state index contributed by atoms with van der Waals surface area (Å²) >= 11 is 0. The molecule has 0 radical (unpaired) electrons. The summed E-state index contributed by atoms with van der Waals surface area (Å²) in [5, 5.41) is 22.8. The smallest absolute Gasteiger partial charge is 0.344 e. The average molecular weight is 359 g/mol. The van der Waals surface area contributed by atoms with Crippen LogP contribution in [0.3, 0.4) is 0 Å². The molecule has 1 unspecified atom stereocenters. The van der Waals surface area contributed by atoms with Gasteiger partial charge in [-0.2, -0.15) is 0 Å². The first kappa shape index (κ1) is 18.9. The molecule has 0 saturated heterocycles. The number of nitrogens with zero attached hydrogens (tertiary/aromatic N) is 1. The molecule has 0 amide bonds. The Morgan fingerprint density at radius 1 is 1.35 bits per heavy atom. The molecular weight excluding hydrogens is 330 g/mol. The van der Waals surface area contributed by atoms with E-state index < -0.39 is 5.97 Å². The molecule has 5 heteroatoms. The SMILES string of the molecule is C=C1CC[C@@H](O)C/C1=C/C=C1\CCC[C@]2(C)/C(=N/OCC(=O)O)CCC12. The second kappa shape index (κ2) is 7.78. The van der Waals surface area contributed by atoms with Crippen LogP contribution in [0.25, 0.3) is 0 Å². The van der Waals surface area contributed by atoms with Crippen molar-refractivity contribution in [2.75, 3.05) is 6.61 Å². The Morgan fingerprint density at radius 2 is 2.15 bits per heavy atom. The Balaban J connectivity index is 1.77. The number of carboxylic acids is 1. The highest BCUT2D eigenvalue weighted by Crippen LogP contribution is 2.52. The summed E-state index contributed by atoms with van der Waals surface area (Å²) in [6.07, 6.45) is 11.7. The topological polar surface area (TPSA) is 79.1 Å². The molecule has 3 saturated carbocycles. The van der Waals surface area contributed by atoms with Crippen molar-refractivity contribution in [1.29, 1.82) is 0 Å². The van der Waals surface area contributed by atoms with E-state index in [0.717, 1.165) is 56.2 Å². The molecule has 142 valence electrons. The number of fused-ring (bicyclic) bond motifs is 1. The van der Waals surface area contributed by atoms with Gasteiger partial charge in [0.1, 0.15) is 0 Å². The predicted molar refractivity (Wildman–Crippen MR) is 101 cm³/mol. The van der Waals surface area contributed by atoms with E-state index >= 15 is 0 Å². The highest BCUT2D eigenvalue weighted by atomic mass is 16.6. The molecule has 0 bridgehead atoms. The molecule has 0 aromatic heterocycles. The van der Waals surface area contributed by atoms with Gasteiger partial charge in [-0.3, -0.25) is 0 Å². The Morgan fingerprint density at radius 3 is 2.92 bits per heavy atom. The Kier molecular flexibility index (Phi) is 5.66. The van der Waals surface area contributed by atoms with Crippen molar-refractivity contribution in [3.63, 3.8) is 0 Å². The minimum absolute atomic E-state index is 0.0375. The predicted octanol–water partition coefficient (Wildman–Crippen LogP) is 4.00. The summed E-state index contributed by atoms with van der Waals surface area (Å²) in [6, 6.07) is 0. The zero-order valence-corrected chi connectivity index (χ0v) is 15.5. The van der Waals surface area contributed by atoms with Gasteiger partial charge in [-0.15, -0.1) is 0 Å². The highest BCUT2D eigenvalue weighted by Gasteiger charge is 2.47. The van der Waals surface area contributed by atoms with E-state index in [-0.39, 0.29) is 18.1 Å². The molecule has 3 rings (SSSR count). The number of carbonyl (C=O) groups is 1. The number of hydrogen-bond donors (Lipinski definition) is 2. The first-order valence-electron chi connectivity index (χ1n) is 9.57. The van der Waals surface area contributed by atoms with E-state index in [4.69, 9.17) is 9.94 Å². The van der Waals surface area contributed by atoms with Crippen molar-refractivity contribution in [2.45, 2.75) is 64.4 Å². The van der Waals surface area contributed by atoms with Crippen LogP contribution in [-0.4, -0.2) is 34.6 Å². The van der Waals surface area contributed by atoms with Crippen LogP contribution in [0, 0.1) is 11.3 Å². The number of aliphatic carboxylic acids is 1. The molecule has 2 N–H and O–H groups in total. The van der Waals surface area contributed by atoms with Gasteiger partial charge in [-0.05, 0) is 62.9 Å². The Bertz CT molecular complexity index is 675. The van der Waals surface area contributed by atoms with Crippen LogP contribution in [0.4, 0.5) is 0 Å². The van der Waals surface area contributed by atoms with Gasteiger partial charge in [0.15, 0.2) is 0 Å². The van der Waals surface area contributed by atoms with Gasteiger partial charge < -0.3 is 15.1 Å². The van der Waals surface area contributed by atoms with E-state index in [1.807, 2.05) is 0 Å². The van der Waals surface area contributed by atoms with E-state index in [2.05, 4.69) is 30.8 Å². The second-order valence-electron chi connectivity index (χ2n) is 8.00. The maximum atomic E-state index is 10.6. The van der Waals surface area contributed by atoms with Crippen LogP contribution in [0.1, 0.15) is 58.3 Å². The van der Waals surface area contributed by atoms with Gasteiger partial charge in [-0.1, -0.05) is 42.0 Å². The lowest BCUT2D eigenvalue weighted by atomic mass is 9.66. The zero-order chi connectivity index (χ0) is 18.7. The van der Waals surface area contributed by atoms with Gasteiger partial charge in [-0.25, -0.2) is 4.79 Å². The number of aliphatic hydroxyl groups excluding tert-OH is 1. The van der Waals surface area contributed by atoms with E-state index in [1.54, 1.807) is 0 Å². The fraction of sp³-hybridized carbons (Fsp3) is 0.619. The molecular formula is C21H29NO4. The monoisotopic (exact) mass is 359 g/mol. The standard InChI is InChI=1S/C21H29NO4/c1-14-5-8-17(23)12-16(14)7-6-15-4-3-11-21(2)18(15)9-10-19(21)22-26-13-20(24)25/h6-7,17-18,23H,1,3-5,8-13H2,2H3,(H,24,25)/b15-6+,16-7-,22-19+/t17-,18?,21+/m1/s1. The quantitative estimate of drug-likeness (QED) is 0.744. The van der Waals surface area contributed by atoms with Crippen LogP contribution in [0.15, 0.2) is 40.6 Å². The number of carboxylic acid groups (broad SMARTS) is 1. The van der Waals surface area contributed by atoms with Crippen molar-refractivity contribution < 1.29 is 19.8 Å². The summed E-state index contributed by atoms with van der Waals surface area (Å²) < 4.78 is 0. The van der Waals surface area contributed by atoms with Gasteiger partial charge in [0, 0.05) is 5.41 Å². The largest absolute Gasteiger partial charge is 0.479 e. The normalized spacial score (nSPS) is 36.5. The highest BCUT2D eigenvalue weighted by molar-refractivity contribution is 5.92. The minimum Gasteiger partial charge on any atom is -0.479 e. The first-order valence-corrected chi connectivity index (χ1v) is 9.57. The van der Waals surface area contributed by atoms with Crippen molar-refractivity contribution in [3.05, 3.63) is 35.5 Å². The third-order valence-corrected chi connectivity index (χ3v) is 6.26. The van der Waals surface area contributed by atoms with Crippen molar-refractivity contribution in [1.82, 2.24) is 0 Å². The summed E-state index contributed by atoms with van der Waals surface area (Å²) in [7, 11) is 0. The van der Waals surface area contributed by atoms with Gasteiger partial charge in [0.05, 0.1) is 11.8 Å². The molecule has 26 heavy (non-hydrogen) atoms. The second-order valence-corrected chi connectivity index (χ2v) is 8.00. The molecule has 3 fully saturated rings. The van der Waals surface area contributed by atoms with Gasteiger partial charge in [0.2, 0.25) is 6.61 Å². The number of rotatable bonds is 4. The maximum Gasteiger partial charge on any atom is 0.344 e. The molecule has 0 aromatic rings. The molecule has 0 spiro atoms. The van der Waals surface area contributed by atoms with Crippen LogP contribution in [-0.2, 0) is 9.63 Å². The van der Waals surface area contributed by atoms with Gasteiger partial charge >= 0.3 is 5.97 Å².